The van der Waals surface area contributed by atoms with Gasteiger partial charge in [-0.1, -0.05) is 52.5 Å². The third kappa shape index (κ3) is 3.31. The minimum atomic E-state index is -0.446. The predicted molar refractivity (Wildman–Crippen MR) is 78.7 cm³/mol. The lowest BCUT2D eigenvalue weighted by molar-refractivity contribution is 0.102. The molecule has 1 aromatic heterocycles. The van der Waals surface area contributed by atoms with E-state index in [0.717, 1.165) is 0 Å². The SMILES string of the molecule is O=C(Nc1cccc(Cl)c1Cl)c1cc(Cl)ncc1Cl. The van der Waals surface area contributed by atoms with Gasteiger partial charge in [-0.2, -0.15) is 0 Å². The average Bonchev–Trinajstić information content (AvgIpc) is 2.38. The van der Waals surface area contributed by atoms with Gasteiger partial charge >= 0.3 is 0 Å². The Bertz CT molecular complexity index is 646. The number of nitrogens with zero attached hydrogens (tertiary/aromatic N) is 1. The number of nitrogens with one attached hydrogen (secondary N) is 1. The van der Waals surface area contributed by atoms with E-state index in [1.165, 1.54) is 12.3 Å². The van der Waals surface area contributed by atoms with Crippen molar-refractivity contribution in [2.45, 2.75) is 0 Å². The molecule has 1 aromatic carbocycles. The van der Waals surface area contributed by atoms with Gasteiger partial charge in [0.2, 0.25) is 0 Å². The first-order valence-electron chi connectivity index (χ1n) is 5.05. The fraction of sp³-hybridized carbons (Fsp3) is 0. The summed E-state index contributed by atoms with van der Waals surface area (Å²) < 4.78 is 0. The molecule has 2 aromatic rings. The number of benzene rings is 1. The maximum Gasteiger partial charge on any atom is 0.257 e. The molecule has 0 unspecified atom stereocenters. The second kappa shape index (κ2) is 5.97. The molecule has 2 rings (SSSR count). The third-order valence-corrected chi connectivity index (χ3v) is 3.59. The van der Waals surface area contributed by atoms with Crippen molar-refractivity contribution in [3.63, 3.8) is 0 Å². The molecule has 0 bridgehead atoms. The molecule has 1 amide bonds. The minimum absolute atomic E-state index is 0.173. The van der Waals surface area contributed by atoms with Crippen LogP contribution in [0.4, 0.5) is 5.69 Å². The zero-order valence-electron chi connectivity index (χ0n) is 9.25. The van der Waals surface area contributed by atoms with Crippen molar-refractivity contribution in [3.05, 3.63) is 56.2 Å². The van der Waals surface area contributed by atoms with Gasteiger partial charge in [0.05, 0.1) is 26.3 Å². The Morgan fingerprint density at radius 1 is 1.11 bits per heavy atom. The van der Waals surface area contributed by atoms with E-state index in [2.05, 4.69) is 10.3 Å². The van der Waals surface area contributed by atoms with Gasteiger partial charge in [-0.3, -0.25) is 4.79 Å². The summed E-state index contributed by atoms with van der Waals surface area (Å²) in [7, 11) is 0. The number of anilines is 1. The van der Waals surface area contributed by atoms with Crippen molar-refractivity contribution in [1.29, 1.82) is 0 Å². The van der Waals surface area contributed by atoms with Gasteiger partial charge in [0.1, 0.15) is 5.15 Å². The average molecular weight is 336 g/mol. The zero-order chi connectivity index (χ0) is 14.0. The van der Waals surface area contributed by atoms with E-state index >= 15 is 0 Å². The molecule has 0 saturated carbocycles. The number of halogens is 4. The highest BCUT2D eigenvalue weighted by atomic mass is 35.5. The summed E-state index contributed by atoms with van der Waals surface area (Å²) in [6.45, 7) is 0. The largest absolute Gasteiger partial charge is 0.321 e. The molecule has 0 fully saturated rings. The second-order valence-electron chi connectivity index (χ2n) is 3.54. The molecule has 0 spiro atoms. The molecular formula is C12H6Cl4N2O. The lowest BCUT2D eigenvalue weighted by atomic mass is 10.2. The number of pyridine rings is 1. The number of hydrogen-bond donors (Lipinski definition) is 1. The predicted octanol–water partition coefficient (Wildman–Crippen LogP) is 4.95. The van der Waals surface area contributed by atoms with Gasteiger partial charge in [0.15, 0.2) is 0 Å². The van der Waals surface area contributed by atoms with Gasteiger partial charge in [-0.25, -0.2) is 4.98 Å². The van der Waals surface area contributed by atoms with Crippen LogP contribution in [0.15, 0.2) is 30.5 Å². The first-order chi connectivity index (χ1) is 8.99. The molecule has 0 saturated heterocycles. The van der Waals surface area contributed by atoms with Crippen molar-refractivity contribution in [3.8, 4) is 0 Å². The lowest BCUT2D eigenvalue weighted by Crippen LogP contribution is -2.13. The molecular weight excluding hydrogens is 330 g/mol. The van der Waals surface area contributed by atoms with Gasteiger partial charge < -0.3 is 5.32 Å². The fourth-order valence-electron chi connectivity index (χ4n) is 1.38. The van der Waals surface area contributed by atoms with Gasteiger partial charge in [0, 0.05) is 6.20 Å². The summed E-state index contributed by atoms with van der Waals surface area (Å²) in [6, 6.07) is 6.29. The number of aromatic nitrogens is 1. The summed E-state index contributed by atoms with van der Waals surface area (Å²) >= 11 is 23.4. The minimum Gasteiger partial charge on any atom is -0.321 e. The van der Waals surface area contributed by atoms with Crippen LogP contribution in [0.2, 0.25) is 20.2 Å². The standard InChI is InChI=1S/C12H6Cl4N2O/c13-7-2-1-3-9(11(7)16)18-12(19)6-4-10(15)17-5-8(6)14/h1-5H,(H,18,19). The molecule has 0 radical (unpaired) electrons. The van der Waals surface area contributed by atoms with Crippen LogP contribution in [-0.2, 0) is 0 Å². The smallest absolute Gasteiger partial charge is 0.257 e. The van der Waals surface area contributed by atoms with Crippen LogP contribution in [0.25, 0.3) is 0 Å². The van der Waals surface area contributed by atoms with Gasteiger partial charge in [0.25, 0.3) is 5.91 Å². The molecule has 0 aliphatic rings. The van der Waals surface area contributed by atoms with E-state index in [0.29, 0.717) is 10.7 Å². The number of rotatable bonds is 2. The first-order valence-corrected chi connectivity index (χ1v) is 6.56. The summed E-state index contributed by atoms with van der Waals surface area (Å²) in [5.41, 5.74) is 0.598. The monoisotopic (exact) mass is 334 g/mol. The van der Waals surface area contributed by atoms with Gasteiger partial charge in [-0.05, 0) is 18.2 Å². The molecule has 1 heterocycles. The first kappa shape index (κ1) is 14.4. The summed E-state index contributed by atoms with van der Waals surface area (Å²) in [5.74, 6) is -0.446. The number of carbonyl (C=O) groups is 1. The quantitative estimate of drug-likeness (QED) is 0.789. The molecule has 1 N–H and O–H groups in total. The molecule has 98 valence electrons. The Balaban J connectivity index is 2.31. The Morgan fingerprint density at radius 2 is 1.84 bits per heavy atom. The highest BCUT2D eigenvalue weighted by Crippen LogP contribution is 2.30. The second-order valence-corrected chi connectivity index (χ2v) is 5.12. The Labute approximate surface area is 129 Å². The summed E-state index contributed by atoms with van der Waals surface area (Å²) in [4.78, 5) is 15.8. The van der Waals surface area contributed by atoms with E-state index in [1.54, 1.807) is 18.2 Å². The third-order valence-electron chi connectivity index (χ3n) is 2.27. The number of amides is 1. The summed E-state index contributed by atoms with van der Waals surface area (Å²) in [5, 5.41) is 3.58. The summed E-state index contributed by atoms with van der Waals surface area (Å²) in [6.07, 6.45) is 1.30. The molecule has 3 nitrogen and oxygen atoms in total. The highest BCUT2D eigenvalue weighted by molar-refractivity contribution is 6.44. The maximum absolute atomic E-state index is 12.1. The molecule has 7 heteroatoms. The Morgan fingerprint density at radius 3 is 2.58 bits per heavy atom. The van der Waals surface area contributed by atoms with Crippen molar-refractivity contribution >= 4 is 58.0 Å². The molecule has 0 aliphatic heterocycles. The van der Waals surface area contributed by atoms with E-state index in [9.17, 15) is 4.79 Å². The van der Waals surface area contributed by atoms with E-state index < -0.39 is 5.91 Å². The van der Waals surface area contributed by atoms with Gasteiger partial charge in [-0.15, -0.1) is 0 Å². The fourth-order valence-corrected chi connectivity index (χ4v) is 2.07. The number of hydrogen-bond acceptors (Lipinski definition) is 2. The van der Waals surface area contributed by atoms with Crippen LogP contribution in [0.1, 0.15) is 10.4 Å². The maximum atomic E-state index is 12.1. The van der Waals surface area contributed by atoms with Crippen LogP contribution in [0.5, 0.6) is 0 Å². The van der Waals surface area contributed by atoms with Crippen molar-refractivity contribution in [2.75, 3.05) is 5.32 Å². The van der Waals surface area contributed by atoms with Crippen molar-refractivity contribution < 1.29 is 4.79 Å². The molecule has 0 atom stereocenters. The van der Waals surface area contributed by atoms with Crippen molar-refractivity contribution in [1.82, 2.24) is 4.98 Å². The topological polar surface area (TPSA) is 42.0 Å². The van der Waals surface area contributed by atoms with E-state index in [4.69, 9.17) is 46.4 Å². The van der Waals surface area contributed by atoms with Crippen LogP contribution in [0, 0.1) is 0 Å². The Hall–Kier alpha value is -1.00. The molecule has 19 heavy (non-hydrogen) atoms. The van der Waals surface area contributed by atoms with Crippen LogP contribution < -0.4 is 5.32 Å². The Kier molecular flexibility index (Phi) is 4.53. The van der Waals surface area contributed by atoms with E-state index in [1.807, 2.05) is 0 Å². The van der Waals surface area contributed by atoms with Crippen LogP contribution in [-0.4, -0.2) is 10.9 Å². The van der Waals surface area contributed by atoms with Crippen molar-refractivity contribution in [2.24, 2.45) is 0 Å². The number of carbonyl (C=O) groups excluding carboxylic acids is 1. The van der Waals surface area contributed by atoms with Crippen LogP contribution in [0.3, 0.4) is 0 Å². The normalized spacial score (nSPS) is 10.3. The zero-order valence-corrected chi connectivity index (χ0v) is 12.3. The lowest BCUT2D eigenvalue weighted by Gasteiger charge is -2.09. The van der Waals surface area contributed by atoms with E-state index in [-0.39, 0.29) is 20.8 Å². The molecule has 0 aliphatic carbocycles. The van der Waals surface area contributed by atoms with Crippen LogP contribution >= 0.6 is 46.4 Å². The highest BCUT2D eigenvalue weighted by Gasteiger charge is 2.14.